The van der Waals surface area contributed by atoms with Crippen LogP contribution in [0, 0.1) is 13.8 Å². The van der Waals surface area contributed by atoms with Crippen LogP contribution in [0.1, 0.15) is 16.1 Å². The van der Waals surface area contributed by atoms with Crippen molar-refractivity contribution < 1.29 is 4.57 Å². The molecule has 3 aromatic rings. The quantitative estimate of drug-likeness (QED) is 0.672. The van der Waals surface area contributed by atoms with E-state index in [0.29, 0.717) is 0 Å². The van der Waals surface area contributed by atoms with Crippen LogP contribution in [0.5, 0.6) is 0 Å². The van der Waals surface area contributed by atoms with Gasteiger partial charge in [0.25, 0.3) is 0 Å². The molecule has 2 heterocycles. The Balaban J connectivity index is 1.85. The van der Waals surface area contributed by atoms with Crippen molar-refractivity contribution >= 4 is 21.6 Å². The van der Waals surface area contributed by atoms with Gasteiger partial charge in [0.1, 0.15) is 12.4 Å². The van der Waals surface area contributed by atoms with E-state index in [1.807, 2.05) is 7.05 Å². The second-order valence-electron chi connectivity index (χ2n) is 5.05. The molecule has 0 bridgehead atoms. The van der Waals surface area contributed by atoms with E-state index in [4.69, 9.17) is 0 Å². The average molecular weight is 272 g/mol. The second kappa shape index (κ2) is 4.78. The van der Waals surface area contributed by atoms with Gasteiger partial charge in [0, 0.05) is 6.42 Å². The first kappa shape index (κ1) is 12.4. The normalized spacial score (nSPS) is 11.3. The van der Waals surface area contributed by atoms with Gasteiger partial charge < -0.3 is 0 Å². The lowest BCUT2D eigenvalue weighted by molar-refractivity contribution is -0.671. The van der Waals surface area contributed by atoms with Gasteiger partial charge in [0.15, 0.2) is 0 Å². The number of benzene rings is 1. The first-order valence-corrected chi connectivity index (χ1v) is 7.31. The summed E-state index contributed by atoms with van der Waals surface area (Å²) in [5, 5.41) is 1.14. The Morgan fingerprint density at radius 2 is 2.16 bits per heavy atom. The molecule has 0 aliphatic rings. The van der Waals surface area contributed by atoms with Gasteiger partial charge in [0.05, 0.1) is 28.8 Å². The number of fused-ring (bicyclic) bond motifs is 1. The molecule has 0 spiro atoms. The van der Waals surface area contributed by atoms with E-state index in [9.17, 15) is 0 Å². The fourth-order valence-electron chi connectivity index (χ4n) is 2.39. The Kier molecular flexibility index (Phi) is 3.11. The van der Waals surface area contributed by atoms with E-state index < -0.39 is 0 Å². The zero-order chi connectivity index (χ0) is 13.4. The Labute approximate surface area is 117 Å². The molecule has 3 nitrogen and oxygen atoms in total. The molecule has 0 radical (unpaired) electrons. The van der Waals surface area contributed by atoms with Crippen LogP contribution in [-0.2, 0) is 20.0 Å². The van der Waals surface area contributed by atoms with Gasteiger partial charge in [-0.15, -0.1) is 11.3 Å². The summed E-state index contributed by atoms with van der Waals surface area (Å²) < 4.78 is 5.58. The maximum Gasteiger partial charge on any atom is 0.243 e. The highest BCUT2D eigenvalue weighted by atomic mass is 32.1. The van der Waals surface area contributed by atoms with Crippen molar-refractivity contribution in [1.82, 2.24) is 9.55 Å². The SMILES string of the molecule is Cc1nc2cc(CCn3cc[n+](C)c3)c(C)cc2s1. The number of rotatable bonds is 3. The first-order valence-electron chi connectivity index (χ1n) is 6.49. The van der Waals surface area contributed by atoms with Crippen molar-refractivity contribution in [3.63, 3.8) is 0 Å². The third-order valence-corrected chi connectivity index (χ3v) is 4.35. The van der Waals surface area contributed by atoms with Crippen LogP contribution in [-0.4, -0.2) is 9.55 Å². The third kappa shape index (κ3) is 2.54. The lowest BCUT2D eigenvalue weighted by Crippen LogP contribution is -2.23. The summed E-state index contributed by atoms with van der Waals surface area (Å²) >= 11 is 1.77. The monoisotopic (exact) mass is 272 g/mol. The van der Waals surface area contributed by atoms with Crippen LogP contribution in [0.3, 0.4) is 0 Å². The van der Waals surface area contributed by atoms with Crippen molar-refractivity contribution in [1.29, 1.82) is 0 Å². The van der Waals surface area contributed by atoms with E-state index in [2.05, 4.69) is 58.8 Å². The van der Waals surface area contributed by atoms with Crippen molar-refractivity contribution in [3.05, 3.63) is 47.0 Å². The number of hydrogen-bond acceptors (Lipinski definition) is 2. The molecule has 98 valence electrons. The molecule has 0 saturated heterocycles. The molecule has 0 atom stereocenters. The lowest BCUT2D eigenvalue weighted by Gasteiger charge is -2.04. The standard InChI is InChI=1S/C15H18N3S/c1-11-8-15-14(16-12(2)19-15)9-13(11)4-5-18-7-6-17(3)10-18/h6-10H,4-5H2,1-3H3/q+1. The van der Waals surface area contributed by atoms with E-state index in [1.54, 1.807) is 11.3 Å². The van der Waals surface area contributed by atoms with E-state index in [-0.39, 0.29) is 0 Å². The largest absolute Gasteiger partial charge is 0.243 e. The maximum absolute atomic E-state index is 4.58. The van der Waals surface area contributed by atoms with Gasteiger partial charge in [-0.2, -0.15) is 0 Å². The van der Waals surface area contributed by atoms with Gasteiger partial charge in [-0.1, -0.05) is 0 Å². The Bertz CT molecular complexity index is 724. The predicted molar refractivity (Wildman–Crippen MR) is 78.4 cm³/mol. The summed E-state index contributed by atoms with van der Waals surface area (Å²) in [4.78, 5) is 4.58. The maximum atomic E-state index is 4.58. The fraction of sp³-hybridized carbons (Fsp3) is 0.333. The topological polar surface area (TPSA) is 21.7 Å². The summed E-state index contributed by atoms with van der Waals surface area (Å²) in [5.74, 6) is 0. The summed E-state index contributed by atoms with van der Waals surface area (Å²) in [6, 6.07) is 4.52. The van der Waals surface area contributed by atoms with Crippen LogP contribution in [0.2, 0.25) is 0 Å². The van der Waals surface area contributed by atoms with Crippen LogP contribution < -0.4 is 4.57 Å². The number of imidazole rings is 1. The van der Waals surface area contributed by atoms with Crippen LogP contribution in [0.15, 0.2) is 30.9 Å². The number of nitrogens with zero attached hydrogens (tertiary/aromatic N) is 3. The van der Waals surface area contributed by atoms with E-state index in [0.717, 1.165) is 23.5 Å². The molecule has 1 aromatic carbocycles. The molecule has 0 unspecified atom stereocenters. The summed E-state index contributed by atoms with van der Waals surface area (Å²) in [6.45, 7) is 5.27. The molecule has 0 aliphatic carbocycles. The molecule has 0 amide bonds. The first-order chi connectivity index (χ1) is 9.11. The molecule has 3 rings (SSSR count). The molecule has 0 N–H and O–H groups in total. The molecule has 2 aromatic heterocycles. The fourth-order valence-corrected chi connectivity index (χ4v) is 3.29. The third-order valence-electron chi connectivity index (χ3n) is 3.42. The van der Waals surface area contributed by atoms with Gasteiger partial charge in [-0.3, -0.25) is 0 Å². The average Bonchev–Trinajstić information content (AvgIpc) is 2.91. The molecular weight excluding hydrogens is 254 g/mol. The van der Waals surface area contributed by atoms with Crippen LogP contribution in [0.25, 0.3) is 10.2 Å². The molecular formula is C15H18N3S+. The van der Waals surface area contributed by atoms with Gasteiger partial charge >= 0.3 is 0 Å². The summed E-state index contributed by atoms with van der Waals surface area (Å²) in [7, 11) is 2.05. The molecule has 19 heavy (non-hydrogen) atoms. The molecule has 0 fully saturated rings. The number of aromatic nitrogens is 3. The Morgan fingerprint density at radius 1 is 1.32 bits per heavy atom. The highest BCUT2D eigenvalue weighted by molar-refractivity contribution is 7.18. The molecule has 0 saturated carbocycles. The minimum Gasteiger partial charge on any atom is -0.242 e. The smallest absolute Gasteiger partial charge is 0.242 e. The number of thiazole rings is 1. The zero-order valence-corrected chi connectivity index (χ0v) is 12.4. The summed E-state index contributed by atoms with van der Waals surface area (Å²) in [5.41, 5.74) is 3.91. The molecule has 4 heteroatoms. The Morgan fingerprint density at radius 3 is 2.89 bits per heavy atom. The minimum atomic E-state index is 1.01. The van der Waals surface area contributed by atoms with Gasteiger partial charge in [-0.25, -0.2) is 14.1 Å². The zero-order valence-electron chi connectivity index (χ0n) is 11.6. The van der Waals surface area contributed by atoms with Crippen molar-refractivity contribution in [2.24, 2.45) is 7.05 Å². The van der Waals surface area contributed by atoms with E-state index >= 15 is 0 Å². The van der Waals surface area contributed by atoms with Crippen molar-refractivity contribution in [2.45, 2.75) is 26.8 Å². The predicted octanol–water partition coefficient (Wildman–Crippen LogP) is 2.78. The summed E-state index contributed by atoms with van der Waals surface area (Å²) in [6.07, 6.45) is 7.34. The number of hydrogen-bond donors (Lipinski definition) is 0. The van der Waals surface area contributed by atoms with E-state index in [1.165, 1.54) is 15.8 Å². The van der Waals surface area contributed by atoms with Gasteiger partial charge in [0.2, 0.25) is 6.33 Å². The highest BCUT2D eigenvalue weighted by Gasteiger charge is 2.07. The molecule has 0 aliphatic heterocycles. The minimum absolute atomic E-state index is 1.01. The van der Waals surface area contributed by atoms with Crippen LogP contribution >= 0.6 is 11.3 Å². The lowest BCUT2D eigenvalue weighted by atomic mass is 10.1. The second-order valence-corrected chi connectivity index (χ2v) is 6.28. The van der Waals surface area contributed by atoms with Crippen LogP contribution in [0.4, 0.5) is 0 Å². The van der Waals surface area contributed by atoms with Crippen molar-refractivity contribution in [2.75, 3.05) is 0 Å². The Hall–Kier alpha value is -1.68. The van der Waals surface area contributed by atoms with Gasteiger partial charge in [-0.05, 0) is 37.1 Å². The highest BCUT2D eigenvalue weighted by Crippen LogP contribution is 2.25. The number of aryl methyl sites for hydroxylation is 5. The van der Waals surface area contributed by atoms with Crippen molar-refractivity contribution in [3.8, 4) is 0 Å².